The van der Waals surface area contributed by atoms with Crippen LogP contribution in [0.3, 0.4) is 0 Å². The molecule has 1 fully saturated rings. The van der Waals surface area contributed by atoms with Gasteiger partial charge in [-0.2, -0.15) is 0 Å². The summed E-state index contributed by atoms with van der Waals surface area (Å²) in [6.45, 7) is 14.2. The molecule has 1 aliphatic carbocycles. The fraction of sp³-hybridized carbons (Fsp3) is 0.750. The second-order valence-electron chi connectivity index (χ2n) is 9.94. The monoisotopic (exact) mass is 328 g/mol. The third-order valence-corrected chi connectivity index (χ3v) is 6.06. The number of rotatable bonds is 9. The Morgan fingerprint density at radius 3 is 1.79 bits per heavy atom. The summed E-state index contributed by atoms with van der Waals surface area (Å²) in [6, 6.07) is 4.68. The van der Waals surface area contributed by atoms with Crippen molar-refractivity contribution in [2.24, 2.45) is 10.8 Å². The van der Waals surface area contributed by atoms with Crippen molar-refractivity contribution in [2.45, 2.75) is 106 Å². The number of aryl methyl sites for hydroxylation is 2. The Bertz CT molecular complexity index is 487. The molecule has 1 aliphatic rings. The van der Waals surface area contributed by atoms with E-state index in [0.717, 1.165) is 5.41 Å². The van der Waals surface area contributed by atoms with Crippen molar-refractivity contribution in [1.82, 2.24) is 0 Å². The predicted octanol–water partition coefficient (Wildman–Crippen LogP) is 7.58. The molecule has 0 unspecified atom stereocenters. The molecule has 0 aliphatic heterocycles. The van der Waals surface area contributed by atoms with Gasteiger partial charge in [-0.25, -0.2) is 0 Å². The first-order chi connectivity index (χ1) is 11.2. The van der Waals surface area contributed by atoms with Crippen LogP contribution in [-0.4, -0.2) is 0 Å². The van der Waals surface area contributed by atoms with Crippen molar-refractivity contribution in [3.8, 4) is 0 Å². The Hall–Kier alpha value is -0.780. The quantitative estimate of drug-likeness (QED) is 0.410. The van der Waals surface area contributed by atoms with Crippen LogP contribution in [0.1, 0.15) is 101 Å². The summed E-state index contributed by atoms with van der Waals surface area (Å²) in [6.07, 6.45) is 13.8. The fourth-order valence-electron chi connectivity index (χ4n) is 3.90. The summed E-state index contributed by atoms with van der Waals surface area (Å²) in [5.41, 5.74) is 7.57. The Labute approximate surface area is 151 Å². The maximum Gasteiger partial charge on any atom is -0.0273 e. The average Bonchev–Trinajstić information content (AvgIpc) is 3.22. The van der Waals surface area contributed by atoms with E-state index in [1.54, 1.807) is 11.1 Å². The first-order valence-corrected chi connectivity index (χ1v) is 10.3. The van der Waals surface area contributed by atoms with Gasteiger partial charge in [-0.15, -0.1) is 0 Å². The van der Waals surface area contributed by atoms with E-state index >= 15 is 0 Å². The summed E-state index contributed by atoms with van der Waals surface area (Å²) in [5.74, 6) is 0. The lowest BCUT2D eigenvalue weighted by Crippen LogP contribution is -2.06. The van der Waals surface area contributed by atoms with Crippen molar-refractivity contribution >= 4 is 0 Å². The van der Waals surface area contributed by atoms with Crippen molar-refractivity contribution in [2.75, 3.05) is 0 Å². The van der Waals surface area contributed by atoms with Gasteiger partial charge in [-0.05, 0) is 98.3 Å². The molecule has 0 heterocycles. The number of hydrogen-bond donors (Lipinski definition) is 0. The Balaban J connectivity index is 1.89. The smallest absolute Gasteiger partial charge is 0.0273 e. The molecule has 136 valence electrons. The summed E-state index contributed by atoms with van der Waals surface area (Å²) >= 11 is 0. The van der Waals surface area contributed by atoms with Gasteiger partial charge >= 0.3 is 0 Å². The standard InChI is InChI=1S/C24H40/c1-19-13-14-20(2)22(12-8-10-16-24(6)17-18-24)21(19)11-7-9-15-23(3,4)5/h13-14H,7-12,15-18H2,1-6H3. The van der Waals surface area contributed by atoms with Crippen molar-refractivity contribution < 1.29 is 0 Å². The summed E-state index contributed by atoms with van der Waals surface area (Å²) in [5, 5.41) is 0. The van der Waals surface area contributed by atoms with Gasteiger partial charge in [0, 0.05) is 0 Å². The van der Waals surface area contributed by atoms with Gasteiger partial charge in [0.15, 0.2) is 0 Å². The van der Waals surface area contributed by atoms with Crippen LogP contribution < -0.4 is 0 Å². The molecule has 0 radical (unpaired) electrons. The third kappa shape index (κ3) is 6.26. The molecule has 0 atom stereocenters. The predicted molar refractivity (Wildman–Crippen MR) is 108 cm³/mol. The maximum atomic E-state index is 2.46. The molecule has 0 N–H and O–H groups in total. The van der Waals surface area contributed by atoms with E-state index in [-0.39, 0.29) is 0 Å². The van der Waals surface area contributed by atoms with E-state index in [9.17, 15) is 0 Å². The normalized spacial score (nSPS) is 16.4. The van der Waals surface area contributed by atoms with Crippen LogP contribution in [0.15, 0.2) is 12.1 Å². The highest BCUT2D eigenvalue weighted by molar-refractivity contribution is 5.40. The molecule has 0 bridgehead atoms. The zero-order chi connectivity index (χ0) is 17.8. The van der Waals surface area contributed by atoms with Gasteiger partial charge in [0.1, 0.15) is 0 Å². The minimum absolute atomic E-state index is 0.476. The zero-order valence-corrected chi connectivity index (χ0v) is 17.2. The number of unbranched alkanes of at least 4 members (excludes halogenated alkanes) is 2. The van der Waals surface area contributed by atoms with Crippen LogP contribution in [-0.2, 0) is 12.8 Å². The van der Waals surface area contributed by atoms with E-state index in [1.165, 1.54) is 75.3 Å². The molecule has 0 nitrogen and oxygen atoms in total. The van der Waals surface area contributed by atoms with Crippen LogP contribution in [0.4, 0.5) is 0 Å². The molecule has 24 heavy (non-hydrogen) atoms. The first kappa shape index (κ1) is 19.5. The highest BCUT2D eigenvalue weighted by Gasteiger charge is 2.35. The number of benzene rings is 1. The molecule has 0 aromatic heterocycles. The van der Waals surface area contributed by atoms with Crippen LogP contribution in [0.2, 0.25) is 0 Å². The SMILES string of the molecule is Cc1ccc(C)c(CCCCC2(C)CC2)c1CCCCC(C)(C)C. The molecule has 0 saturated heterocycles. The highest BCUT2D eigenvalue weighted by atomic mass is 14.4. The minimum Gasteiger partial charge on any atom is -0.0602 e. The molecule has 0 spiro atoms. The molecule has 2 rings (SSSR count). The van der Waals surface area contributed by atoms with Gasteiger partial charge in [-0.1, -0.05) is 52.7 Å². The lowest BCUT2D eigenvalue weighted by molar-refractivity contribution is 0.360. The second-order valence-corrected chi connectivity index (χ2v) is 9.94. The van der Waals surface area contributed by atoms with Gasteiger partial charge in [0.25, 0.3) is 0 Å². The zero-order valence-electron chi connectivity index (χ0n) is 17.2. The third-order valence-electron chi connectivity index (χ3n) is 6.06. The molecule has 1 aromatic rings. The van der Waals surface area contributed by atoms with E-state index in [1.807, 2.05) is 0 Å². The molecular formula is C24H40. The maximum absolute atomic E-state index is 2.46. The van der Waals surface area contributed by atoms with Crippen molar-refractivity contribution in [1.29, 1.82) is 0 Å². The topological polar surface area (TPSA) is 0 Å². The van der Waals surface area contributed by atoms with Crippen molar-refractivity contribution in [3.05, 3.63) is 34.4 Å². The van der Waals surface area contributed by atoms with Crippen LogP contribution in [0.5, 0.6) is 0 Å². The van der Waals surface area contributed by atoms with Crippen molar-refractivity contribution in [3.63, 3.8) is 0 Å². The highest BCUT2D eigenvalue weighted by Crippen LogP contribution is 2.49. The summed E-state index contributed by atoms with van der Waals surface area (Å²) < 4.78 is 0. The lowest BCUT2D eigenvalue weighted by Gasteiger charge is -2.19. The van der Waals surface area contributed by atoms with E-state index in [4.69, 9.17) is 0 Å². The van der Waals surface area contributed by atoms with E-state index in [0.29, 0.717) is 5.41 Å². The van der Waals surface area contributed by atoms with Gasteiger partial charge in [0.2, 0.25) is 0 Å². The van der Waals surface area contributed by atoms with Gasteiger partial charge in [-0.3, -0.25) is 0 Å². The largest absolute Gasteiger partial charge is 0.0602 e. The Kier molecular flexibility index (Phi) is 6.57. The van der Waals surface area contributed by atoms with E-state index < -0.39 is 0 Å². The Morgan fingerprint density at radius 2 is 1.33 bits per heavy atom. The lowest BCUT2D eigenvalue weighted by atomic mass is 9.86. The molecule has 0 heteroatoms. The average molecular weight is 329 g/mol. The molecule has 1 aromatic carbocycles. The first-order valence-electron chi connectivity index (χ1n) is 10.3. The van der Waals surface area contributed by atoms with Crippen LogP contribution >= 0.6 is 0 Å². The second kappa shape index (κ2) is 8.07. The summed E-state index contributed by atoms with van der Waals surface area (Å²) in [4.78, 5) is 0. The van der Waals surface area contributed by atoms with Gasteiger partial charge in [0.05, 0.1) is 0 Å². The Morgan fingerprint density at radius 1 is 0.833 bits per heavy atom. The molecule has 0 amide bonds. The molecular weight excluding hydrogens is 288 g/mol. The van der Waals surface area contributed by atoms with Gasteiger partial charge < -0.3 is 0 Å². The van der Waals surface area contributed by atoms with Crippen LogP contribution in [0.25, 0.3) is 0 Å². The number of hydrogen-bond acceptors (Lipinski definition) is 0. The fourth-order valence-corrected chi connectivity index (χ4v) is 3.90. The minimum atomic E-state index is 0.476. The van der Waals surface area contributed by atoms with Crippen LogP contribution in [0, 0.1) is 24.7 Å². The summed E-state index contributed by atoms with van der Waals surface area (Å²) in [7, 11) is 0. The molecule has 1 saturated carbocycles. The van der Waals surface area contributed by atoms with E-state index in [2.05, 4.69) is 53.7 Å².